The van der Waals surface area contributed by atoms with Crippen LogP contribution in [0.5, 0.6) is 11.5 Å². The maximum Gasteiger partial charge on any atom is 0.266 e. The number of carbonyl (C=O) groups excluding carboxylic acids is 2. The minimum absolute atomic E-state index is 0.140. The lowest BCUT2D eigenvalue weighted by Crippen LogP contribution is -2.20. The van der Waals surface area contributed by atoms with Crippen molar-refractivity contribution in [3.63, 3.8) is 0 Å². The van der Waals surface area contributed by atoms with Gasteiger partial charge < -0.3 is 20.1 Å². The van der Waals surface area contributed by atoms with Crippen LogP contribution < -0.4 is 20.1 Å². The number of carbonyl (C=O) groups is 2. The van der Waals surface area contributed by atoms with Crippen LogP contribution in [0.2, 0.25) is 5.02 Å². The highest BCUT2D eigenvalue weighted by Crippen LogP contribution is 2.26. The first-order valence-electron chi connectivity index (χ1n) is 9.93. The zero-order valence-corrected chi connectivity index (χ0v) is 20.3. The lowest BCUT2D eigenvalue weighted by Gasteiger charge is -2.11. The summed E-state index contributed by atoms with van der Waals surface area (Å²) in [5, 5.41) is 15.3. The molecule has 0 atom stereocenters. The van der Waals surface area contributed by atoms with Crippen LogP contribution in [0.15, 0.2) is 76.8 Å². The fraction of sp³-hybridized carbons (Fsp3) is 0.0800. The summed E-state index contributed by atoms with van der Waals surface area (Å²) in [4.78, 5) is 24.9. The van der Waals surface area contributed by atoms with E-state index in [9.17, 15) is 14.9 Å². The van der Waals surface area contributed by atoms with Gasteiger partial charge in [-0.25, -0.2) is 0 Å². The van der Waals surface area contributed by atoms with Crippen molar-refractivity contribution in [3.05, 3.63) is 87.4 Å². The molecule has 2 N–H and O–H groups in total. The molecule has 0 bridgehead atoms. The molecule has 0 fully saturated rings. The van der Waals surface area contributed by atoms with E-state index in [0.717, 1.165) is 0 Å². The standard InChI is InChI=1S/C25H19BrClN3O4/c1-33-20-9-7-19(8-10-20)29-25(32)17(14-28)12-16-13-18(26)6-11-23(16)34-15-24(31)30-22-5-3-2-4-21(22)27/h2-13H,15H2,1H3,(H,29,32)(H,30,31)/b17-12-. The van der Waals surface area contributed by atoms with Crippen molar-refractivity contribution in [3.8, 4) is 17.6 Å². The van der Waals surface area contributed by atoms with Crippen molar-refractivity contribution in [2.75, 3.05) is 24.4 Å². The number of halogens is 2. The number of hydrogen-bond donors (Lipinski definition) is 2. The molecule has 0 spiro atoms. The fourth-order valence-corrected chi connectivity index (χ4v) is 3.39. The molecular formula is C25H19BrClN3O4. The van der Waals surface area contributed by atoms with E-state index in [1.54, 1.807) is 73.8 Å². The van der Waals surface area contributed by atoms with Gasteiger partial charge in [-0.1, -0.05) is 39.7 Å². The SMILES string of the molecule is COc1ccc(NC(=O)/C(C#N)=C\c2cc(Br)ccc2OCC(=O)Nc2ccccc2Cl)cc1. The van der Waals surface area contributed by atoms with Gasteiger partial charge in [-0.2, -0.15) is 5.26 Å². The lowest BCUT2D eigenvalue weighted by atomic mass is 10.1. The second-order valence-corrected chi connectivity index (χ2v) is 8.17. The van der Waals surface area contributed by atoms with Crippen LogP contribution in [-0.2, 0) is 9.59 Å². The van der Waals surface area contributed by atoms with Gasteiger partial charge in [-0.3, -0.25) is 9.59 Å². The topological polar surface area (TPSA) is 100 Å². The number of nitrogens with one attached hydrogen (secondary N) is 2. The minimum Gasteiger partial charge on any atom is -0.497 e. The molecular weight excluding hydrogens is 522 g/mol. The quantitative estimate of drug-likeness (QED) is 0.283. The highest BCUT2D eigenvalue weighted by Gasteiger charge is 2.13. The molecule has 0 unspecified atom stereocenters. The Kier molecular flexibility index (Phi) is 8.68. The van der Waals surface area contributed by atoms with Gasteiger partial charge in [0.2, 0.25) is 0 Å². The van der Waals surface area contributed by atoms with Gasteiger partial charge in [0.1, 0.15) is 23.1 Å². The van der Waals surface area contributed by atoms with Gasteiger partial charge in [0, 0.05) is 15.7 Å². The zero-order chi connectivity index (χ0) is 24.5. The van der Waals surface area contributed by atoms with Crippen molar-refractivity contribution in [1.82, 2.24) is 0 Å². The van der Waals surface area contributed by atoms with Crippen molar-refractivity contribution < 1.29 is 19.1 Å². The summed E-state index contributed by atoms with van der Waals surface area (Å²) in [7, 11) is 1.54. The second kappa shape index (κ2) is 11.9. The van der Waals surface area contributed by atoms with Gasteiger partial charge >= 0.3 is 0 Å². The molecule has 34 heavy (non-hydrogen) atoms. The predicted octanol–water partition coefficient (Wildman–Crippen LogP) is 5.67. The van der Waals surface area contributed by atoms with Crippen LogP contribution in [0.3, 0.4) is 0 Å². The molecule has 0 radical (unpaired) electrons. The number of anilines is 2. The minimum atomic E-state index is -0.588. The number of rotatable bonds is 8. The van der Waals surface area contributed by atoms with Crippen LogP contribution in [-0.4, -0.2) is 25.5 Å². The zero-order valence-electron chi connectivity index (χ0n) is 18.0. The summed E-state index contributed by atoms with van der Waals surface area (Å²) >= 11 is 9.43. The first-order chi connectivity index (χ1) is 16.4. The summed E-state index contributed by atoms with van der Waals surface area (Å²) < 4.78 is 11.5. The van der Waals surface area contributed by atoms with E-state index < -0.39 is 11.8 Å². The lowest BCUT2D eigenvalue weighted by molar-refractivity contribution is -0.118. The Morgan fingerprint density at radius 1 is 1.09 bits per heavy atom. The van der Waals surface area contributed by atoms with Crippen molar-refractivity contribution in [2.45, 2.75) is 0 Å². The Labute approximate surface area is 210 Å². The number of nitrogens with zero attached hydrogens (tertiary/aromatic N) is 1. The van der Waals surface area contributed by atoms with E-state index in [4.69, 9.17) is 21.1 Å². The molecule has 0 aliphatic heterocycles. The molecule has 3 rings (SSSR count). The van der Waals surface area contributed by atoms with E-state index in [1.807, 2.05) is 6.07 Å². The molecule has 3 aromatic carbocycles. The number of hydrogen-bond acceptors (Lipinski definition) is 5. The monoisotopic (exact) mass is 539 g/mol. The number of methoxy groups -OCH3 is 1. The molecule has 0 saturated heterocycles. The molecule has 9 heteroatoms. The third kappa shape index (κ3) is 6.85. The van der Waals surface area contributed by atoms with E-state index in [-0.39, 0.29) is 12.2 Å². The predicted molar refractivity (Wildman–Crippen MR) is 135 cm³/mol. The molecule has 2 amide bonds. The first-order valence-corrected chi connectivity index (χ1v) is 11.1. The third-order valence-corrected chi connectivity index (χ3v) is 5.31. The van der Waals surface area contributed by atoms with Crippen LogP contribution in [0.25, 0.3) is 6.08 Å². The molecule has 0 aliphatic rings. The van der Waals surface area contributed by atoms with Gasteiger partial charge in [0.05, 0.1) is 17.8 Å². The number of nitriles is 1. The van der Waals surface area contributed by atoms with E-state index >= 15 is 0 Å². The third-order valence-electron chi connectivity index (χ3n) is 4.49. The molecule has 172 valence electrons. The Morgan fingerprint density at radius 2 is 1.82 bits per heavy atom. The van der Waals surface area contributed by atoms with Gasteiger partial charge in [-0.05, 0) is 60.7 Å². The van der Waals surface area contributed by atoms with Crippen LogP contribution in [0, 0.1) is 11.3 Å². The van der Waals surface area contributed by atoms with Crippen LogP contribution in [0.4, 0.5) is 11.4 Å². The van der Waals surface area contributed by atoms with E-state index in [1.165, 1.54) is 6.08 Å². The highest BCUT2D eigenvalue weighted by molar-refractivity contribution is 9.10. The smallest absolute Gasteiger partial charge is 0.266 e. The number of ether oxygens (including phenoxy) is 2. The summed E-state index contributed by atoms with van der Waals surface area (Å²) in [5.41, 5.74) is 1.28. The maximum atomic E-state index is 12.6. The molecule has 3 aromatic rings. The average Bonchev–Trinajstić information content (AvgIpc) is 2.83. The number of benzene rings is 3. The van der Waals surface area contributed by atoms with E-state index in [2.05, 4.69) is 26.6 Å². The molecule has 0 aliphatic carbocycles. The molecule has 7 nitrogen and oxygen atoms in total. The van der Waals surface area contributed by atoms with Gasteiger partial charge in [-0.15, -0.1) is 0 Å². The highest BCUT2D eigenvalue weighted by atomic mass is 79.9. The number of para-hydroxylation sites is 1. The fourth-order valence-electron chi connectivity index (χ4n) is 2.83. The summed E-state index contributed by atoms with van der Waals surface area (Å²) in [5.74, 6) is -0.0372. The Balaban J connectivity index is 1.74. The molecule has 0 heterocycles. The average molecular weight is 541 g/mol. The van der Waals surface area contributed by atoms with Crippen LogP contribution >= 0.6 is 27.5 Å². The summed E-state index contributed by atoms with van der Waals surface area (Å²) in [6, 6.07) is 20.5. The Hall–Kier alpha value is -3.80. The summed E-state index contributed by atoms with van der Waals surface area (Å²) in [6.45, 7) is -0.298. The van der Waals surface area contributed by atoms with Gasteiger partial charge in [0.15, 0.2) is 6.61 Å². The second-order valence-electron chi connectivity index (χ2n) is 6.85. The Bertz CT molecular complexity index is 1270. The largest absolute Gasteiger partial charge is 0.497 e. The Morgan fingerprint density at radius 3 is 2.50 bits per heavy atom. The summed E-state index contributed by atoms with van der Waals surface area (Å²) in [6.07, 6.45) is 1.39. The van der Waals surface area contributed by atoms with Crippen molar-refractivity contribution in [2.24, 2.45) is 0 Å². The van der Waals surface area contributed by atoms with E-state index in [0.29, 0.717) is 37.9 Å². The van der Waals surface area contributed by atoms with Crippen molar-refractivity contribution >= 4 is 56.8 Å². The van der Waals surface area contributed by atoms with Gasteiger partial charge in [0.25, 0.3) is 11.8 Å². The molecule has 0 saturated carbocycles. The normalized spacial score (nSPS) is 10.7. The maximum absolute atomic E-state index is 12.6. The molecule has 0 aromatic heterocycles. The van der Waals surface area contributed by atoms with Crippen LogP contribution in [0.1, 0.15) is 5.56 Å². The number of amides is 2. The first kappa shape index (κ1) is 24.8. The van der Waals surface area contributed by atoms with Crippen molar-refractivity contribution in [1.29, 1.82) is 5.26 Å².